The molecule has 11 nitrogen and oxygen atoms in total. The highest BCUT2D eigenvalue weighted by Crippen LogP contribution is 2.31. The molecule has 1 saturated heterocycles. The zero-order valence-electron chi connectivity index (χ0n) is 26.7. The summed E-state index contributed by atoms with van der Waals surface area (Å²) in [4.78, 5) is 23.0. The highest BCUT2D eigenvalue weighted by atomic mass is 32.2. The number of aromatic amines is 1. The molecule has 1 aliphatic heterocycles. The molecule has 0 aliphatic carbocycles. The molecule has 0 saturated carbocycles. The lowest BCUT2D eigenvalue weighted by molar-refractivity contribution is 0.0381. The maximum Gasteiger partial charge on any atom is 0.277 e. The first-order chi connectivity index (χ1) is 20.7. The number of hydrogen-bond acceptors (Lipinski definition) is 8. The fourth-order valence-electron chi connectivity index (χ4n) is 5.23. The third-order valence-corrected chi connectivity index (χ3v) is 8.80. The van der Waals surface area contributed by atoms with Gasteiger partial charge in [0.2, 0.25) is 10.0 Å². The first-order valence-corrected chi connectivity index (χ1v) is 17.4. The number of fused-ring (bicyclic) bond motifs is 1. The highest BCUT2D eigenvalue weighted by molar-refractivity contribution is 7.92. The van der Waals surface area contributed by atoms with Crippen LogP contribution in [0.4, 0.5) is 5.69 Å². The van der Waals surface area contributed by atoms with Crippen molar-refractivity contribution in [3.8, 4) is 17.1 Å². The average molecular weight is 619 g/mol. The van der Waals surface area contributed by atoms with Crippen LogP contribution in [0.1, 0.15) is 90.6 Å². The first-order valence-electron chi connectivity index (χ1n) is 15.8. The van der Waals surface area contributed by atoms with Gasteiger partial charge in [-0.1, -0.05) is 53.4 Å². The Labute approximate surface area is 256 Å². The van der Waals surface area contributed by atoms with Crippen LogP contribution in [-0.2, 0) is 14.8 Å². The van der Waals surface area contributed by atoms with Gasteiger partial charge in [0.15, 0.2) is 11.3 Å². The quantitative estimate of drug-likeness (QED) is 0.218. The summed E-state index contributed by atoms with van der Waals surface area (Å²) in [6, 6.07) is 5.02. The molecular formula is C31H50N6O5S. The van der Waals surface area contributed by atoms with Crippen molar-refractivity contribution in [2.45, 2.75) is 86.0 Å². The Balaban J connectivity index is 0.00000248. The minimum atomic E-state index is -3.59. The third kappa shape index (κ3) is 9.51. The van der Waals surface area contributed by atoms with Crippen molar-refractivity contribution in [3.63, 3.8) is 0 Å². The topological polar surface area (TPSA) is 131 Å². The second-order valence-corrected chi connectivity index (χ2v) is 12.6. The zero-order valence-corrected chi connectivity index (χ0v) is 27.6. The number of nitrogens with one attached hydrogen (secondary N) is 2. The van der Waals surface area contributed by atoms with Crippen LogP contribution in [-0.4, -0.2) is 78.1 Å². The molecule has 43 heavy (non-hydrogen) atoms. The standard InChI is InChI=1S/C29H44N6O5S.C2H6/c1-5-7-8-9-11-21(3)28-30-22(4)26-29(36)31-27(32-35(26)28)24-20-23(12-13-25(24)40-6-2)33-41(37,38)19-10-14-34-15-17-39-18-16-34;1-2/h12-13,20-21,33H,5-11,14-19H2,1-4H3,(H,31,32,36);1-2H3. The van der Waals surface area contributed by atoms with Crippen molar-refractivity contribution in [1.29, 1.82) is 0 Å². The summed E-state index contributed by atoms with van der Waals surface area (Å²) in [5.41, 5.74) is 1.61. The van der Waals surface area contributed by atoms with Crippen molar-refractivity contribution in [1.82, 2.24) is 24.5 Å². The van der Waals surface area contributed by atoms with E-state index in [1.54, 1.807) is 22.7 Å². The smallest absolute Gasteiger partial charge is 0.277 e. The van der Waals surface area contributed by atoms with Crippen LogP contribution in [0.3, 0.4) is 0 Å². The molecule has 2 N–H and O–H groups in total. The second kappa shape index (κ2) is 16.8. The Bertz CT molecular complexity index is 1460. The number of imidazole rings is 1. The van der Waals surface area contributed by atoms with Gasteiger partial charge in [-0.2, -0.15) is 0 Å². The van der Waals surface area contributed by atoms with Crippen LogP contribution in [0.15, 0.2) is 23.0 Å². The average Bonchev–Trinajstić information content (AvgIpc) is 3.34. The molecule has 12 heteroatoms. The van der Waals surface area contributed by atoms with Gasteiger partial charge < -0.3 is 14.5 Å². The van der Waals surface area contributed by atoms with E-state index in [2.05, 4.69) is 28.5 Å². The lowest BCUT2D eigenvalue weighted by Gasteiger charge is -2.26. The lowest BCUT2D eigenvalue weighted by atomic mass is 10.0. The zero-order chi connectivity index (χ0) is 31.4. The van der Waals surface area contributed by atoms with Crippen molar-refractivity contribution in [3.05, 3.63) is 40.1 Å². The predicted molar refractivity (Wildman–Crippen MR) is 173 cm³/mol. The number of morpholine rings is 1. The molecule has 0 bridgehead atoms. The van der Waals surface area contributed by atoms with E-state index in [0.29, 0.717) is 61.0 Å². The van der Waals surface area contributed by atoms with E-state index < -0.39 is 10.0 Å². The molecule has 3 heterocycles. The predicted octanol–water partition coefficient (Wildman–Crippen LogP) is 5.36. The van der Waals surface area contributed by atoms with Gasteiger partial charge in [0.05, 0.1) is 36.8 Å². The molecule has 1 unspecified atom stereocenters. The van der Waals surface area contributed by atoms with Gasteiger partial charge in [-0.05, 0) is 51.4 Å². The Morgan fingerprint density at radius 3 is 2.56 bits per heavy atom. The number of aromatic nitrogens is 4. The van der Waals surface area contributed by atoms with E-state index in [-0.39, 0.29) is 23.1 Å². The number of hydrogen-bond donors (Lipinski definition) is 2. The molecule has 1 atom stereocenters. The lowest BCUT2D eigenvalue weighted by Crippen LogP contribution is -2.37. The number of sulfonamides is 1. The number of benzene rings is 1. The Morgan fingerprint density at radius 1 is 1.12 bits per heavy atom. The fraction of sp³-hybridized carbons (Fsp3) is 0.645. The molecule has 1 fully saturated rings. The van der Waals surface area contributed by atoms with Gasteiger partial charge >= 0.3 is 0 Å². The first kappa shape index (κ1) is 34.5. The van der Waals surface area contributed by atoms with Crippen molar-refractivity contribution >= 4 is 21.2 Å². The van der Waals surface area contributed by atoms with E-state index in [9.17, 15) is 13.2 Å². The minimum absolute atomic E-state index is 0.00175. The summed E-state index contributed by atoms with van der Waals surface area (Å²) in [6.07, 6.45) is 6.09. The molecule has 4 rings (SSSR count). The summed E-state index contributed by atoms with van der Waals surface area (Å²) in [5, 5.41) is 4.80. The van der Waals surface area contributed by atoms with Crippen molar-refractivity contribution < 1.29 is 17.9 Å². The normalized spacial score (nSPS) is 14.7. The summed E-state index contributed by atoms with van der Waals surface area (Å²) >= 11 is 0. The van der Waals surface area contributed by atoms with Gasteiger partial charge in [-0.3, -0.25) is 14.4 Å². The number of unbranched alkanes of at least 4 members (excludes halogenated alkanes) is 3. The number of nitrogens with zero attached hydrogens (tertiary/aromatic N) is 4. The second-order valence-electron chi connectivity index (χ2n) is 10.7. The number of aryl methyl sites for hydroxylation is 1. The molecule has 0 spiro atoms. The number of H-pyrrole nitrogens is 1. The highest BCUT2D eigenvalue weighted by Gasteiger charge is 2.21. The van der Waals surface area contributed by atoms with Crippen molar-refractivity contribution in [2.75, 3.05) is 49.9 Å². The van der Waals surface area contributed by atoms with Gasteiger partial charge in [0.25, 0.3) is 5.56 Å². The molecule has 1 aliphatic rings. The molecule has 3 aromatic rings. The number of ether oxygens (including phenoxy) is 2. The minimum Gasteiger partial charge on any atom is -0.493 e. The molecule has 0 amide bonds. The van der Waals surface area contributed by atoms with Crippen molar-refractivity contribution in [2.24, 2.45) is 0 Å². The van der Waals surface area contributed by atoms with Crippen LogP contribution >= 0.6 is 0 Å². The maximum absolute atomic E-state index is 13.2. The van der Waals surface area contributed by atoms with Crippen LogP contribution in [0.25, 0.3) is 16.9 Å². The van der Waals surface area contributed by atoms with E-state index in [1.165, 1.54) is 12.8 Å². The van der Waals surface area contributed by atoms with E-state index in [1.807, 2.05) is 27.7 Å². The Morgan fingerprint density at radius 2 is 1.86 bits per heavy atom. The van der Waals surface area contributed by atoms with Crippen LogP contribution in [0, 0.1) is 6.92 Å². The van der Waals surface area contributed by atoms with E-state index >= 15 is 0 Å². The van der Waals surface area contributed by atoms with Gasteiger partial charge in [-0.25, -0.2) is 17.9 Å². The van der Waals surface area contributed by atoms with Crippen LogP contribution in [0.5, 0.6) is 5.75 Å². The SMILES string of the molecule is CC.CCCCCCC(C)c1nc(C)c2c(=O)[nH]c(-c3cc(NS(=O)(=O)CCCN4CCOCC4)ccc3OCC)nn12. The number of anilines is 1. The van der Waals surface area contributed by atoms with Gasteiger partial charge in [0, 0.05) is 24.7 Å². The molecular weight excluding hydrogens is 568 g/mol. The van der Waals surface area contributed by atoms with E-state index in [0.717, 1.165) is 38.2 Å². The van der Waals surface area contributed by atoms with Crippen LogP contribution in [0.2, 0.25) is 0 Å². The third-order valence-electron chi connectivity index (χ3n) is 7.43. The monoisotopic (exact) mass is 618 g/mol. The molecule has 240 valence electrons. The Hall–Kier alpha value is -2.96. The summed E-state index contributed by atoms with van der Waals surface area (Å²) in [5.74, 6) is 1.66. The van der Waals surface area contributed by atoms with E-state index in [4.69, 9.17) is 19.6 Å². The van der Waals surface area contributed by atoms with Gasteiger partial charge in [-0.15, -0.1) is 5.10 Å². The molecule has 2 aromatic heterocycles. The number of rotatable bonds is 15. The summed E-state index contributed by atoms with van der Waals surface area (Å²) < 4.78 is 41.3. The largest absolute Gasteiger partial charge is 0.493 e. The Kier molecular flexibility index (Phi) is 13.5. The molecule has 0 radical (unpaired) electrons. The summed E-state index contributed by atoms with van der Waals surface area (Å²) in [6.45, 7) is 16.1. The van der Waals surface area contributed by atoms with Gasteiger partial charge in [0.1, 0.15) is 11.6 Å². The van der Waals surface area contributed by atoms with Crippen LogP contribution < -0.4 is 15.0 Å². The summed E-state index contributed by atoms with van der Waals surface area (Å²) in [7, 11) is -3.59. The maximum atomic E-state index is 13.2. The molecule has 1 aromatic carbocycles. The fourth-order valence-corrected chi connectivity index (χ4v) is 6.33.